The van der Waals surface area contributed by atoms with Crippen LogP contribution in [0, 0.1) is 10.1 Å². The lowest BCUT2D eigenvalue weighted by Gasteiger charge is -2.00. The summed E-state index contributed by atoms with van der Waals surface area (Å²) >= 11 is 1.36. The van der Waals surface area contributed by atoms with Crippen LogP contribution in [0.25, 0.3) is 0 Å². The minimum Gasteiger partial charge on any atom is -0.396 e. The van der Waals surface area contributed by atoms with Crippen LogP contribution in [0.2, 0.25) is 0 Å². The number of nitro groups is 1. The Hall–Kier alpha value is -1.08. The Balaban J connectivity index is 3.05. The van der Waals surface area contributed by atoms with Gasteiger partial charge in [0.15, 0.2) is 5.03 Å². The molecule has 17 heavy (non-hydrogen) atoms. The molecule has 6 nitrogen and oxygen atoms in total. The van der Waals surface area contributed by atoms with E-state index in [1.165, 1.54) is 11.8 Å². The van der Waals surface area contributed by atoms with Crippen LogP contribution in [0.15, 0.2) is 5.03 Å². The second-order valence-electron chi connectivity index (χ2n) is 4.00. The lowest BCUT2D eigenvalue weighted by Crippen LogP contribution is -1.96. The molecule has 0 aliphatic carbocycles. The van der Waals surface area contributed by atoms with Crippen LogP contribution in [0.4, 0.5) is 5.69 Å². The number of aryl methyl sites for hydroxylation is 1. The van der Waals surface area contributed by atoms with Gasteiger partial charge in [-0.05, 0) is 6.42 Å². The Bertz CT molecular complexity index is 404. The lowest BCUT2D eigenvalue weighted by molar-refractivity contribution is -0.388. The van der Waals surface area contributed by atoms with Crippen LogP contribution in [0.5, 0.6) is 0 Å². The zero-order valence-corrected chi connectivity index (χ0v) is 11.0. The van der Waals surface area contributed by atoms with E-state index in [1.807, 2.05) is 13.8 Å². The summed E-state index contributed by atoms with van der Waals surface area (Å²) < 4.78 is 1.55. The second-order valence-corrected chi connectivity index (χ2v) is 5.08. The normalized spacial score (nSPS) is 11.1. The summed E-state index contributed by atoms with van der Waals surface area (Å²) in [5, 5.41) is 24.6. The van der Waals surface area contributed by atoms with Crippen molar-refractivity contribution in [3.05, 3.63) is 15.8 Å². The number of hydrogen-bond acceptors (Lipinski definition) is 5. The average molecular weight is 259 g/mol. The fraction of sp³-hybridized carbons (Fsp3) is 0.700. The monoisotopic (exact) mass is 259 g/mol. The van der Waals surface area contributed by atoms with Crippen molar-refractivity contribution in [2.24, 2.45) is 7.05 Å². The van der Waals surface area contributed by atoms with Gasteiger partial charge in [0.05, 0.1) is 4.92 Å². The van der Waals surface area contributed by atoms with Gasteiger partial charge in [0, 0.05) is 25.3 Å². The third-order valence-electron chi connectivity index (χ3n) is 2.27. The first-order chi connectivity index (χ1) is 7.99. The molecule has 0 unspecified atom stereocenters. The Labute approximate surface area is 104 Å². The summed E-state index contributed by atoms with van der Waals surface area (Å²) in [4.78, 5) is 10.7. The van der Waals surface area contributed by atoms with Gasteiger partial charge in [-0.1, -0.05) is 25.6 Å². The molecule has 0 aliphatic rings. The van der Waals surface area contributed by atoms with Crippen LogP contribution in [0.1, 0.15) is 31.9 Å². The minimum absolute atomic E-state index is 0.0220. The molecular weight excluding hydrogens is 242 g/mol. The van der Waals surface area contributed by atoms with Gasteiger partial charge >= 0.3 is 5.69 Å². The van der Waals surface area contributed by atoms with Crippen molar-refractivity contribution < 1.29 is 10.0 Å². The smallest absolute Gasteiger partial charge is 0.324 e. The molecule has 0 atom stereocenters. The van der Waals surface area contributed by atoms with E-state index in [0.29, 0.717) is 22.9 Å². The third-order valence-corrected chi connectivity index (χ3v) is 3.49. The Morgan fingerprint density at radius 1 is 1.59 bits per heavy atom. The van der Waals surface area contributed by atoms with Gasteiger partial charge in [0.25, 0.3) is 0 Å². The molecule has 96 valence electrons. The fourth-order valence-electron chi connectivity index (χ4n) is 1.47. The summed E-state index contributed by atoms with van der Waals surface area (Å²) in [6.45, 7) is 3.87. The van der Waals surface area contributed by atoms with Crippen molar-refractivity contribution >= 4 is 17.4 Å². The fourth-order valence-corrected chi connectivity index (χ4v) is 2.48. The molecule has 7 heteroatoms. The average Bonchev–Trinajstić information content (AvgIpc) is 2.57. The largest absolute Gasteiger partial charge is 0.396 e. The maximum absolute atomic E-state index is 11.1. The molecule has 1 N–H and O–H groups in total. The molecule has 0 radical (unpaired) electrons. The van der Waals surface area contributed by atoms with E-state index >= 15 is 0 Å². The van der Waals surface area contributed by atoms with Crippen molar-refractivity contribution in [3.63, 3.8) is 0 Å². The van der Waals surface area contributed by atoms with Gasteiger partial charge < -0.3 is 5.11 Å². The summed E-state index contributed by atoms with van der Waals surface area (Å²) in [7, 11) is 1.71. The summed E-state index contributed by atoms with van der Waals surface area (Å²) in [6, 6.07) is 0. The molecule has 0 aliphatic heterocycles. The first-order valence-corrected chi connectivity index (χ1v) is 6.42. The molecule has 0 saturated heterocycles. The van der Waals surface area contributed by atoms with E-state index in [4.69, 9.17) is 5.11 Å². The quantitative estimate of drug-likeness (QED) is 0.365. The van der Waals surface area contributed by atoms with Crippen LogP contribution in [-0.4, -0.2) is 32.2 Å². The Morgan fingerprint density at radius 3 is 2.71 bits per heavy atom. The molecule has 0 aromatic carbocycles. The van der Waals surface area contributed by atoms with Crippen LogP contribution < -0.4 is 0 Å². The maximum Gasteiger partial charge on any atom is 0.324 e. The van der Waals surface area contributed by atoms with E-state index in [-0.39, 0.29) is 23.1 Å². The van der Waals surface area contributed by atoms with E-state index in [0.717, 1.165) is 0 Å². The zero-order valence-electron chi connectivity index (χ0n) is 10.2. The number of nitrogens with zero attached hydrogens (tertiary/aromatic N) is 3. The highest BCUT2D eigenvalue weighted by atomic mass is 32.2. The first-order valence-electron chi connectivity index (χ1n) is 5.44. The predicted octanol–water partition coefficient (Wildman–Crippen LogP) is 1.93. The highest BCUT2D eigenvalue weighted by molar-refractivity contribution is 7.99. The minimum atomic E-state index is -0.371. The Morgan fingerprint density at radius 2 is 2.24 bits per heavy atom. The van der Waals surface area contributed by atoms with Crippen molar-refractivity contribution in [3.8, 4) is 0 Å². The second kappa shape index (κ2) is 6.02. The third kappa shape index (κ3) is 3.19. The molecule has 1 aromatic rings. The SMILES string of the molecule is CC(C)c1nn(C)c(SCCCO)c1[N+](=O)[O-]. The van der Waals surface area contributed by atoms with Gasteiger partial charge in [-0.2, -0.15) is 5.10 Å². The molecule has 1 aromatic heterocycles. The number of thioether (sulfide) groups is 1. The van der Waals surface area contributed by atoms with Crippen molar-refractivity contribution in [1.29, 1.82) is 0 Å². The van der Waals surface area contributed by atoms with Crippen LogP contribution >= 0.6 is 11.8 Å². The highest BCUT2D eigenvalue weighted by Crippen LogP contribution is 2.35. The van der Waals surface area contributed by atoms with Crippen LogP contribution in [-0.2, 0) is 7.05 Å². The van der Waals surface area contributed by atoms with E-state index in [2.05, 4.69) is 5.10 Å². The van der Waals surface area contributed by atoms with Gasteiger partial charge in [-0.25, -0.2) is 0 Å². The lowest BCUT2D eigenvalue weighted by atomic mass is 10.1. The van der Waals surface area contributed by atoms with Crippen molar-refractivity contribution in [2.75, 3.05) is 12.4 Å². The topological polar surface area (TPSA) is 81.2 Å². The summed E-state index contributed by atoms with van der Waals surface area (Å²) in [5.74, 6) is 0.669. The number of rotatable bonds is 6. The molecule has 0 saturated carbocycles. The number of aliphatic hydroxyl groups is 1. The summed E-state index contributed by atoms with van der Waals surface area (Å²) in [5.41, 5.74) is 0.620. The molecule has 0 fully saturated rings. The molecular formula is C10H17N3O3S. The van der Waals surface area contributed by atoms with Gasteiger partial charge in [-0.15, -0.1) is 0 Å². The zero-order chi connectivity index (χ0) is 13.0. The number of hydrogen-bond donors (Lipinski definition) is 1. The predicted molar refractivity (Wildman–Crippen MR) is 66.4 cm³/mol. The standard InChI is InChI=1S/C10H17N3O3S/c1-7(2)8-9(13(15)16)10(12(3)11-8)17-6-4-5-14/h7,14H,4-6H2,1-3H3. The van der Waals surface area contributed by atoms with Gasteiger partial charge in [-0.3, -0.25) is 14.8 Å². The van der Waals surface area contributed by atoms with E-state index in [1.54, 1.807) is 11.7 Å². The van der Waals surface area contributed by atoms with E-state index < -0.39 is 0 Å². The maximum atomic E-state index is 11.1. The number of aliphatic hydroxyl groups excluding tert-OH is 1. The highest BCUT2D eigenvalue weighted by Gasteiger charge is 2.28. The molecule has 1 rings (SSSR count). The van der Waals surface area contributed by atoms with Gasteiger partial charge in [0.2, 0.25) is 0 Å². The molecule has 0 bridgehead atoms. The molecule has 1 heterocycles. The molecule has 0 amide bonds. The Kier molecular flexibility index (Phi) is 4.95. The van der Waals surface area contributed by atoms with Crippen molar-refractivity contribution in [1.82, 2.24) is 9.78 Å². The van der Waals surface area contributed by atoms with Gasteiger partial charge in [0.1, 0.15) is 5.69 Å². The van der Waals surface area contributed by atoms with E-state index in [9.17, 15) is 10.1 Å². The van der Waals surface area contributed by atoms with Crippen molar-refractivity contribution in [2.45, 2.75) is 31.2 Å². The number of aromatic nitrogens is 2. The first kappa shape index (κ1) is 14.0. The molecule has 0 spiro atoms. The summed E-state index contributed by atoms with van der Waals surface area (Å²) in [6.07, 6.45) is 0.615. The van der Waals surface area contributed by atoms with Crippen LogP contribution in [0.3, 0.4) is 0 Å².